The van der Waals surface area contributed by atoms with Crippen molar-refractivity contribution in [3.8, 4) is 0 Å². The van der Waals surface area contributed by atoms with Crippen molar-refractivity contribution in [1.29, 1.82) is 0 Å². The molecule has 0 spiro atoms. The van der Waals surface area contributed by atoms with Crippen LogP contribution in [0.15, 0.2) is 28.8 Å². The van der Waals surface area contributed by atoms with Crippen LogP contribution in [-0.4, -0.2) is 10.1 Å². The smallest absolute Gasteiger partial charge is 0.321 e. The Kier molecular flexibility index (Phi) is 2.62. The largest absolute Gasteiger partial charge is 0.334 e. The van der Waals surface area contributed by atoms with E-state index in [1.54, 1.807) is 25.1 Å². The van der Waals surface area contributed by atoms with E-state index in [0.29, 0.717) is 23.9 Å². The summed E-state index contributed by atoms with van der Waals surface area (Å²) in [5.41, 5.74) is 0.563. The second-order valence-corrected chi connectivity index (χ2v) is 3.09. The molecule has 1 aromatic carbocycles. The van der Waals surface area contributed by atoms with Crippen molar-refractivity contribution in [2.75, 3.05) is 5.32 Å². The Morgan fingerprint density at radius 1 is 1.40 bits per heavy atom. The van der Waals surface area contributed by atoms with Crippen LogP contribution in [0.1, 0.15) is 11.4 Å². The summed E-state index contributed by atoms with van der Waals surface area (Å²) >= 11 is 0. The molecule has 2 rings (SSSR count). The van der Waals surface area contributed by atoms with E-state index in [9.17, 15) is 4.39 Å². The Balaban J connectivity index is 2.02. The second kappa shape index (κ2) is 4.08. The minimum Gasteiger partial charge on any atom is -0.334 e. The Labute approximate surface area is 86.1 Å². The lowest BCUT2D eigenvalue weighted by atomic mass is 10.2. The van der Waals surface area contributed by atoms with E-state index in [1.807, 2.05) is 0 Å². The van der Waals surface area contributed by atoms with Crippen LogP contribution in [0, 0.1) is 12.7 Å². The van der Waals surface area contributed by atoms with Crippen molar-refractivity contribution in [3.63, 3.8) is 0 Å². The number of hydrogen-bond donors (Lipinski definition) is 1. The van der Waals surface area contributed by atoms with Crippen LogP contribution in [-0.2, 0) is 6.54 Å². The molecule has 0 saturated heterocycles. The SMILES string of the molecule is Cc1noc(NCc2ccccc2F)n1. The first-order valence-electron chi connectivity index (χ1n) is 4.53. The lowest BCUT2D eigenvalue weighted by molar-refractivity contribution is 0.425. The Morgan fingerprint density at radius 3 is 2.87 bits per heavy atom. The monoisotopic (exact) mass is 207 g/mol. The van der Waals surface area contributed by atoms with Gasteiger partial charge in [0.25, 0.3) is 0 Å². The van der Waals surface area contributed by atoms with Gasteiger partial charge in [-0.05, 0) is 13.0 Å². The highest BCUT2D eigenvalue weighted by molar-refractivity contribution is 5.25. The average Bonchev–Trinajstić information content (AvgIpc) is 2.63. The lowest BCUT2D eigenvalue weighted by Gasteiger charge is -2.01. The number of halogens is 1. The van der Waals surface area contributed by atoms with Gasteiger partial charge in [0.15, 0.2) is 5.82 Å². The van der Waals surface area contributed by atoms with Gasteiger partial charge in [-0.15, -0.1) is 0 Å². The number of aryl methyl sites for hydroxylation is 1. The predicted molar refractivity (Wildman–Crippen MR) is 52.8 cm³/mol. The molecule has 2 aromatic rings. The number of aromatic nitrogens is 2. The minimum atomic E-state index is -0.249. The molecular formula is C10H10FN3O. The molecule has 0 fully saturated rings. The molecule has 0 unspecified atom stereocenters. The molecular weight excluding hydrogens is 197 g/mol. The first kappa shape index (κ1) is 9.64. The maximum atomic E-state index is 13.2. The van der Waals surface area contributed by atoms with Crippen molar-refractivity contribution in [2.45, 2.75) is 13.5 Å². The van der Waals surface area contributed by atoms with Crippen molar-refractivity contribution in [3.05, 3.63) is 41.5 Å². The van der Waals surface area contributed by atoms with Gasteiger partial charge in [-0.2, -0.15) is 4.98 Å². The zero-order valence-electron chi connectivity index (χ0n) is 8.20. The lowest BCUT2D eigenvalue weighted by Crippen LogP contribution is -2.01. The molecule has 1 N–H and O–H groups in total. The number of hydrogen-bond acceptors (Lipinski definition) is 4. The highest BCUT2D eigenvalue weighted by Gasteiger charge is 2.03. The summed E-state index contributed by atoms with van der Waals surface area (Å²) in [6.45, 7) is 2.05. The van der Waals surface area contributed by atoms with E-state index in [2.05, 4.69) is 15.5 Å². The van der Waals surface area contributed by atoms with E-state index < -0.39 is 0 Å². The molecule has 0 aliphatic rings. The van der Waals surface area contributed by atoms with Crippen LogP contribution in [0.4, 0.5) is 10.4 Å². The molecule has 0 aliphatic carbocycles. The second-order valence-electron chi connectivity index (χ2n) is 3.09. The van der Waals surface area contributed by atoms with Crippen LogP contribution in [0.2, 0.25) is 0 Å². The molecule has 0 radical (unpaired) electrons. The van der Waals surface area contributed by atoms with Crippen LogP contribution < -0.4 is 5.32 Å². The van der Waals surface area contributed by atoms with Crippen LogP contribution in [0.3, 0.4) is 0 Å². The summed E-state index contributed by atoms with van der Waals surface area (Å²) in [4.78, 5) is 3.94. The molecule has 0 bridgehead atoms. The van der Waals surface area contributed by atoms with E-state index >= 15 is 0 Å². The van der Waals surface area contributed by atoms with Crippen molar-refractivity contribution in [2.24, 2.45) is 0 Å². The summed E-state index contributed by atoms with van der Waals surface area (Å²) in [5, 5.41) is 6.45. The zero-order valence-corrected chi connectivity index (χ0v) is 8.20. The molecule has 1 aromatic heterocycles. The van der Waals surface area contributed by atoms with Gasteiger partial charge in [-0.1, -0.05) is 23.4 Å². The Bertz CT molecular complexity index is 455. The van der Waals surface area contributed by atoms with E-state index in [4.69, 9.17) is 4.52 Å². The van der Waals surface area contributed by atoms with Gasteiger partial charge >= 0.3 is 6.01 Å². The first-order valence-corrected chi connectivity index (χ1v) is 4.53. The number of nitrogens with zero attached hydrogens (tertiary/aromatic N) is 2. The highest BCUT2D eigenvalue weighted by atomic mass is 19.1. The fourth-order valence-electron chi connectivity index (χ4n) is 1.18. The summed E-state index contributed by atoms with van der Waals surface area (Å²) in [7, 11) is 0. The Morgan fingerprint density at radius 2 is 2.20 bits per heavy atom. The topological polar surface area (TPSA) is 51.0 Å². The minimum absolute atomic E-state index is 0.249. The summed E-state index contributed by atoms with van der Waals surface area (Å²) in [6.07, 6.45) is 0. The van der Waals surface area contributed by atoms with Crippen LogP contribution >= 0.6 is 0 Å². The molecule has 0 atom stereocenters. The Hall–Kier alpha value is -1.91. The average molecular weight is 207 g/mol. The number of nitrogens with one attached hydrogen (secondary N) is 1. The van der Waals surface area contributed by atoms with Gasteiger partial charge in [0.1, 0.15) is 5.82 Å². The maximum Gasteiger partial charge on any atom is 0.321 e. The fourth-order valence-corrected chi connectivity index (χ4v) is 1.18. The van der Waals surface area contributed by atoms with Gasteiger partial charge in [0, 0.05) is 12.1 Å². The van der Waals surface area contributed by atoms with Crippen LogP contribution in [0.25, 0.3) is 0 Å². The zero-order chi connectivity index (χ0) is 10.7. The quantitative estimate of drug-likeness (QED) is 0.837. The molecule has 0 aliphatic heterocycles. The first-order chi connectivity index (χ1) is 7.25. The third-order valence-electron chi connectivity index (χ3n) is 1.92. The van der Waals surface area contributed by atoms with Crippen LogP contribution in [0.5, 0.6) is 0 Å². The summed E-state index contributed by atoms with van der Waals surface area (Å²) < 4.78 is 18.0. The predicted octanol–water partition coefficient (Wildman–Crippen LogP) is 2.13. The molecule has 0 amide bonds. The summed E-state index contributed by atoms with van der Waals surface area (Å²) in [5.74, 6) is 0.298. The maximum absolute atomic E-state index is 13.2. The van der Waals surface area contributed by atoms with Gasteiger partial charge in [-0.25, -0.2) is 4.39 Å². The van der Waals surface area contributed by atoms with Gasteiger partial charge in [-0.3, -0.25) is 0 Å². The van der Waals surface area contributed by atoms with E-state index in [1.165, 1.54) is 6.07 Å². The fraction of sp³-hybridized carbons (Fsp3) is 0.200. The molecule has 78 valence electrons. The van der Waals surface area contributed by atoms with E-state index in [-0.39, 0.29) is 5.82 Å². The molecule has 5 heteroatoms. The van der Waals surface area contributed by atoms with Crippen molar-refractivity contribution in [1.82, 2.24) is 10.1 Å². The van der Waals surface area contributed by atoms with E-state index in [0.717, 1.165) is 0 Å². The number of anilines is 1. The third-order valence-corrected chi connectivity index (χ3v) is 1.92. The van der Waals surface area contributed by atoms with Crippen molar-refractivity contribution < 1.29 is 8.91 Å². The molecule has 4 nitrogen and oxygen atoms in total. The number of benzene rings is 1. The highest BCUT2D eigenvalue weighted by Crippen LogP contribution is 2.09. The number of rotatable bonds is 3. The third kappa shape index (κ3) is 2.31. The van der Waals surface area contributed by atoms with Gasteiger partial charge < -0.3 is 9.84 Å². The van der Waals surface area contributed by atoms with Gasteiger partial charge in [0.05, 0.1) is 0 Å². The molecule has 15 heavy (non-hydrogen) atoms. The molecule has 1 heterocycles. The normalized spacial score (nSPS) is 10.3. The van der Waals surface area contributed by atoms with Crippen molar-refractivity contribution >= 4 is 6.01 Å². The standard InChI is InChI=1S/C10H10FN3O/c1-7-13-10(15-14-7)12-6-8-4-2-3-5-9(8)11/h2-5H,6H2,1H3,(H,12,13,14). The summed E-state index contributed by atoms with van der Waals surface area (Å²) in [6, 6.07) is 6.84. The van der Waals surface area contributed by atoms with Gasteiger partial charge in [0.2, 0.25) is 0 Å². The molecule has 0 saturated carbocycles.